The Kier molecular flexibility index (Phi) is 3.19. The first-order valence-electron chi connectivity index (χ1n) is 4.14. The van der Waals surface area contributed by atoms with Crippen LogP contribution in [-0.4, -0.2) is 11.2 Å². The number of aliphatic hydroxyl groups excluding tert-OH is 1. The van der Waals surface area contributed by atoms with E-state index in [1.165, 1.54) is 6.42 Å². The molecule has 1 heteroatoms. The molecule has 2 atom stereocenters. The van der Waals surface area contributed by atoms with Gasteiger partial charge < -0.3 is 5.11 Å². The summed E-state index contributed by atoms with van der Waals surface area (Å²) in [5, 5.41) is 9.29. The molecule has 1 saturated carbocycles. The van der Waals surface area contributed by atoms with Crippen molar-refractivity contribution in [3.8, 4) is 12.3 Å². The Morgan fingerprint density at radius 2 is 2.27 bits per heavy atom. The van der Waals surface area contributed by atoms with Crippen LogP contribution in [-0.2, 0) is 0 Å². The van der Waals surface area contributed by atoms with E-state index in [4.69, 9.17) is 6.42 Å². The average molecular weight is 150 g/mol. The van der Waals surface area contributed by atoms with Crippen molar-refractivity contribution in [2.75, 3.05) is 0 Å². The highest BCUT2D eigenvalue weighted by Gasteiger charge is 2.17. The van der Waals surface area contributed by atoms with Gasteiger partial charge in [-0.25, -0.2) is 0 Å². The van der Waals surface area contributed by atoms with Gasteiger partial charge in [0.05, 0.1) is 6.10 Å². The Labute approximate surface area is 68.1 Å². The van der Waals surface area contributed by atoms with Crippen LogP contribution in [0.5, 0.6) is 0 Å². The molecular weight excluding hydrogens is 136 g/mol. The smallest absolute Gasteiger partial charge is 0.0545 e. The molecule has 11 heavy (non-hydrogen) atoms. The molecule has 0 aliphatic heterocycles. The van der Waals surface area contributed by atoms with E-state index >= 15 is 0 Å². The summed E-state index contributed by atoms with van der Waals surface area (Å²) in [5.74, 6) is 2.98. The third kappa shape index (κ3) is 2.78. The lowest BCUT2D eigenvalue weighted by Gasteiger charge is -2.22. The standard InChI is InChI=1S/C10H14O/c1-2-3-5-9-6-4-7-10(11)8-9/h1,3,5,9-11H,4,6-8H2/b5-3+/t9-,10+/m1/s1. The zero-order chi connectivity index (χ0) is 8.10. The van der Waals surface area contributed by atoms with E-state index in [9.17, 15) is 5.11 Å². The number of aliphatic hydroxyl groups is 1. The molecular formula is C10H14O. The molecule has 0 bridgehead atoms. The fourth-order valence-corrected chi connectivity index (χ4v) is 1.57. The molecule has 0 spiro atoms. The van der Waals surface area contributed by atoms with Crippen LogP contribution in [0.2, 0.25) is 0 Å². The van der Waals surface area contributed by atoms with Crippen LogP contribution in [0, 0.1) is 18.3 Å². The van der Waals surface area contributed by atoms with Gasteiger partial charge in [-0.15, -0.1) is 6.42 Å². The van der Waals surface area contributed by atoms with Gasteiger partial charge in [-0.05, 0) is 31.3 Å². The summed E-state index contributed by atoms with van der Waals surface area (Å²) in [5.41, 5.74) is 0. The summed E-state index contributed by atoms with van der Waals surface area (Å²) in [6.07, 6.45) is 12.9. The van der Waals surface area contributed by atoms with Crippen molar-refractivity contribution in [2.24, 2.45) is 5.92 Å². The summed E-state index contributed by atoms with van der Waals surface area (Å²) >= 11 is 0. The molecule has 1 fully saturated rings. The Morgan fingerprint density at radius 1 is 1.45 bits per heavy atom. The topological polar surface area (TPSA) is 20.2 Å². The second-order valence-electron chi connectivity index (χ2n) is 3.11. The molecule has 1 aliphatic rings. The summed E-state index contributed by atoms with van der Waals surface area (Å²) < 4.78 is 0. The van der Waals surface area contributed by atoms with Crippen LogP contribution >= 0.6 is 0 Å². The van der Waals surface area contributed by atoms with Crippen molar-refractivity contribution >= 4 is 0 Å². The Bertz CT molecular complexity index is 176. The van der Waals surface area contributed by atoms with E-state index in [0.29, 0.717) is 5.92 Å². The van der Waals surface area contributed by atoms with Crippen molar-refractivity contribution in [3.63, 3.8) is 0 Å². The minimum atomic E-state index is -0.101. The third-order valence-corrected chi connectivity index (χ3v) is 2.15. The first-order chi connectivity index (χ1) is 5.33. The molecule has 1 rings (SSSR count). The van der Waals surface area contributed by atoms with Gasteiger partial charge in [0.2, 0.25) is 0 Å². The lowest BCUT2D eigenvalue weighted by molar-refractivity contribution is 0.113. The van der Waals surface area contributed by atoms with Gasteiger partial charge in [0.1, 0.15) is 0 Å². The Morgan fingerprint density at radius 3 is 2.91 bits per heavy atom. The highest BCUT2D eigenvalue weighted by Crippen LogP contribution is 2.24. The van der Waals surface area contributed by atoms with E-state index in [1.54, 1.807) is 6.08 Å². The van der Waals surface area contributed by atoms with E-state index in [-0.39, 0.29) is 6.10 Å². The van der Waals surface area contributed by atoms with Crippen LogP contribution in [0.3, 0.4) is 0 Å². The van der Waals surface area contributed by atoms with Gasteiger partial charge in [0.25, 0.3) is 0 Å². The third-order valence-electron chi connectivity index (χ3n) is 2.15. The van der Waals surface area contributed by atoms with E-state index in [2.05, 4.69) is 5.92 Å². The zero-order valence-electron chi connectivity index (χ0n) is 6.66. The lowest BCUT2D eigenvalue weighted by Crippen LogP contribution is -2.17. The van der Waals surface area contributed by atoms with E-state index in [1.807, 2.05) is 6.08 Å². The van der Waals surface area contributed by atoms with Crippen molar-refractivity contribution in [1.29, 1.82) is 0 Å². The monoisotopic (exact) mass is 150 g/mol. The molecule has 1 aliphatic carbocycles. The van der Waals surface area contributed by atoms with Crippen molar-refractivity contribution < 1.29 is 5.11 Å². The number of hydrogen-bond donors (Lipinski definition) is 1. The normalized spacial score (nSPS) is 32.0. The van der Waals surface area contributed by atoms with E-state index < -0.39 is 0 Å². The zero-order valence-corrected chi connectivity index (χ0v) is 6.66. The molecule has 0 aromatic heterocycles. The highest BCUT2D eigenvalue weighted by atomic mass is 16.3. The molecule has 0 heterocycles. The molecule has 1 N–H and O–H groups in total. The predicted octanol–water partition coefficient (Wildman–Crippen LogP) is 1.73. The largest absolute Gasteiger partial charge is 0.393 e. The predicted molar refractivity (Wildman–Crippen MR) is 45.9 cm³/mol. The number of hydrogen-bond acceptors (Lipinski definition) is 1. The lowest BCUT2D eigenvalue weighted by atomic mass is 9.87. The SMILES string of the molecule is C#C/C=C/[C@@H]1CCC[C@H](O)C1. The fraction of sp³-hybridized carbons (Fsp3) is 0.600. The first kappa shape index (κ1) is 8.36. The summed E-state index contributed by atoms with van der Waals surface area (Å²) in [6, 6.07) is 0. The van der Waals surface area contributed by atoms with Crippen LogP contribution in [0.1, 0.15) is 25.7 Å². The second kappa shape index (κ2) is 4.20. The summed E-state index contributed by atoms with van der Waals surface area (Å²) in [4.78, 5) is 0. The molecule has 0 amide bonds. The summed E-state index contributed by atoms with van der Waals surface area (Å²) in [7, 11) is 0. The minimum absolute atomic E-state index is 0.101. The summed E-state index contributed by atoms with van der Waals surface area (Å²) in [6.45, 7) is 0. The fourth-order valence-electron chi connectivity index (χ4n) is 1.57. The van der Waals surface area contributed by atoms with Gasteiger partial charge in [0.15, 0.2) is 0 Å². The van der Waals surface area contributed by atoms with Crippen LogP contribution in [0.4, 0.5) is 0 Å². The van der Waals surface area contributed by atoms with Gasteiger partial charge in [-0.3, -0.25) is 0 Å². The van der Waals surface area contributed by atoms with Crippen LogP contribution in [0.15, 0.2) is 12.2 Å². The van der Waals surface area contributed by atoms with Crippen molar-refractivity contribution in [1.82, 2.24) is 0 Å². The number of allylic oxidation sites excluding steroid dienone is 2. The van der Waals surface area contributed by atoms with Crippen LogP contribution < -0.4 is 0 Å². The molecule has 0 radical (unpaired) electrons. The molecule has 60 valence electrons. The maximum absolute atomic E-state index is 9.29. The van der Waals surface area contributed by atoms with Crippen molar-refractivity contribution in [2.45, 2.75) is 31.8 Å². The second-order valence-corrected chi connectivity index (χ2v) is 3.11. The Hall–Kier alpha value is -0.740. The van der Waals surface area contributed by atoms with Gasteiger partial charge in [-0.2, -0.15) is 0 Å². The minimum Gasteiger partial charge on any atom is -0.393 e. The van der Waals surface area contributed by atoms with Crippen LogP contribution in [0.25, 0.3) is 0 Å². The van der Waals surface area contributed by atoms with Gasteiger partial charge in [0, 0.05) is 0 Å². The number of rotatable bonds is 1. The van der Waals surface area contributed by atoms with Gasteiger partial charge in [-0.1, -0.05) is 18.4 Å². The molecule has 0 aromatic rings. The van der Waals surface area contributed by atoms with Gasteiger partial charge >= 0.3 is 0 Å². The molecule has 0 saturated heterocycles. The van der Waals surface area contributed by atoms with E-state index in [0.717, 1.165) is 19.3 Å². The molecule has 0 unspecified atom stereocenters. The first-order valence-corrected chi connectivity index (χ1v) is 4.14. The Balaban J connectivity index is 2.35. The number of terminal acetylenes is 1. The average Bonchev–Trinajstić information content (AvgIpc) is 2.01. The maximum Gasteiger partial charge on any atom is 0.0545 e. The quantitative estimate of drug-likeness (QED) is 0.564. The molecule has 0 aromatic carbocycles. The highest BCUT2D eigenvalue weighted by molar-refractivity contribution is 5.10. The maximum atomic E-state index is 9.29. The van der Waals surface area contributed by atoms with Crippen molar-refractivity contribution in [3.05, 3.63) is 12.2 Å². The molecule has 1 nitrogen and oxygen atoms in total.